The van der Waals surface area contributed by atoms with Crippen molar-refractivity contribution in [1.82, 2.24) is 24.9 Å². The van der Waals surface area contributed by atoms with Crippen molar-refractivity contribution in [3.63, 3.8) is 0 Å². The van der Waals surface area contributed by atoms with Gasteiger partial charge in [-0.25, -0.2) is 19.9 Å². The van der Waals surface area contributed by atoms with E-state index in [1.807, 2.05) is 12.3 Å². The molecule has 4 rings (SSSR count). The standard InChI is InChI=1S/C17H20N6O2S/c1-23(16-14-3-4-18-15(14)21-10-22-16)12-5-11(6-12)9-26(24)13-7-19-17(25-2)20-8-13/h3-4,7-8,10-12H,5-6,9H2,1-2H3,(H,18,21,22). The number of ether oxygens (including phenoxy) is 1. The summed E-state index contributed by atoms with van der Waals surface area (Å²) in [6, 6.07) is 2.69. The summed E-state index contributed by atoms with van der Waals surface area (Å²) in [4.78, 5) is 22.7. The molecule has 0 amide bonds. The number of nitrogens with one attached hydrogen (secondary N) is 1. The van der Waals surface area contributed by atoms with Gasteiger partial charge in [-0.15, -0.1) is 0 Å². The molecule has 1 atom stereocenters. The molecule has 9 heteroatoms. The predicted octanol–water partition coefficient (Wildman–Crippen LogP) is 1.78. The maximum Gasteiger partial charge on any atom is 0.316 e. The van der Waals surface area contributed by atoms with E-state index in [-0.39, 0.29) is 6.01 Å². The zero-order chi connectivity index (χ0) is 18.1. The molecule has 1 unspecified atom stereocenters. The molecule has 1 fully saturated rings. The number of nitrogens with zero attached hydrogens (tertiary/aromatic N) is 5. The van der Waals surface area contributed by atoms with Crippen LogP contribution in [0.25, 0.3) is 11.0 Å². The number of fused-ring (bicyclic) bond motifs is 1. The number of aromatic amines is 1. The van der Waals surface area contributed by atoms with E-state index in [0.29, 0.717) is 22.6 Å². The summed E-state index contributed by atoms with van der Waals surface area (Å²) in [5.41, 5.74) is 0.846. The fourth-order valence-electron chi connectivity index (χ4n) is 3.30. The van der Waals surface area contributed by atoms with Gasteiger partial charge in [0, 0.05) is 25.0 Å². The van der Waals surface area contributed by atoms with Gasteiger partial charge in [-0.1, -0.05) is 0 Å². The van der Waals surface area contributed by atoms with Gasteiger partial charge < -0.3 is 14.6 Å². The Kier molecular flexibility index (Phi) is 4.54. The van der Waals surface area contributed by atoms with Crippen LogP contribution in [0.4, 0.5) is 5.82 Å². The second-order valence-corrected chi connectivity index (χ2v) is 7.95. The lowest BCUT2D eigenvalue weighted by Gasteiger charge is -2.41. The highest BCUT2D eigenvalue weighted by Crippen LogP contribution is 2.35. The van der Waals surface area contributed by atoms with Crippen molar-refractivity contribution >= 4 is 27.7 Å². The number of rotatable bonds is 6. The first-order valence-electron chi connectivity index (χ1n) is 8.41. The lowest BCUT2D eigenvalue weighted by atomic mass is 9.81. The Bertz CT molecular complexity index is 922. The molecule has 3 aromatic rings. The van der Waals surface area contributed by atoms with Crippen molar-refractivity contribution in [3.05, 3.63) is 31.0 Å². The van der Waals surface area contributed by atoms with Crippen LogP contribution < -0.4 is 9.64 Å². The number of anilines is 1. The molecule has 3 aromatic heterocycles. The average Bonchev–Trinajstić information content (AvgIpc) is 3.12. The van der Waals surface area contributed by atoms with Crippen molar-refractivity contribution in [2.24, 2.45) is 5.92 Å². The molecule has 26 heavy (non-hydrogen) atoms. The third kappa shape index (κ3) is 3.14. The first-order chi connectivity index (χ1) is 12.7. The molecule has 0 saturated heterocycles. The third-order valence-corrected chi connectivity index (χ3v) is 6.37. The second kappa shape index (κ2) is 6.99. The molecule has 0 aromatic carbocycles. The van der Waals surface area contributed by atoms with Crippen molar-refractivity contribution in [1.29, 1.82) is 0 Å². The Morgan fingerprint density at radius 2 is 2.04 bits per heavy atom. The lowest BCUT2D eigenvalue weighted by molar-refractivity contribution is 0.284. The van der Waals surface area contributed by atoms with E-state index in [4.69, 9.17) is 4.74 Å². The minimum atomic E-state index is -1.09. The molecule has 3 heterocycles. The molecule has 0 radical (unpaired) electrons. The molecule has 1 N–H and O–H groups in total. The number of methoxy groups -OCH3 is 1. The van der Waals surface area contributed by atoms with Crippen LogP contribution in [-0.2, 0) is 10.8 Å². The van der Waals surface area contributed by atoms with E-state index in [2.05, 4.69) is 36.9 Å². The van der Waals surface area contributed by atoms with Gasteiger partial charge in [-0.2, -0.15) is 0 Å². The minimum Gasteiger partial charge on any atom is -0.467 e. The summed E-state index contributed by atoms with van der Waals surface area (Å²) in [5, 5.41) is 1.03. The van der Waals surface area contributed by atoms with Crippen LogP contribution in [0.2, 0.25) is 0 Å². The minimum absolute atomic E-state index is 0.289. The zero-order valence-corrected chi connectivity index (χ0v) is 15.4. The summed E-state index contributed by atoms with van der Waals surface area (Å²) >= 11 is 0. The zero-order valence-electron chi connectivity index (χ0n) is 14.6. The van der Waals surface area contributed by atoms with Crippen molar-refractivity contribution in [3.8, 4) is 6.01 Å². The van der Waals surface area contributed by atoms with Gasteiger partial charge in [0.15, 0.2) is 0 Å². The maximum atomic E-state index is 12.5. The quantitative estimate of drug-likeness (QED) is 0.704. The highest BCUT2D eigenvalue weighted by atomic mass is 32.2. The maximum absolute atomic E-state index is 12.5. The lowest BCUT2D eigenvalue weighted by Crippen LogP contribution is -2.44. The van der Waals surface area contributed by atoms with Crippen molar-refractivity contribution in [2.75, 3.05) is 24.8 Å². The normalized spacial score (nSPS) is 20.5. The van der Waals surface area contributed by atoms with Gasteiger partial charge in [-0.3, -0.25) is 4.21 Å². The van der Waals surface area contributed by atoms with Gasteiger partial charge >= 0.3 is 6.01 Å². The molecule has 1 saturated carbocycles. The Morgan fingerprint density at radius 1 is 1.27 bits per heavy atom. The topological polar surface area (TPSA) is 96.9 Å². The van der Waals surface area contributed by atoms with Crippen LogP contribution in [0.3, 0.4) is 0 Å². The van der Waals surface area contributed by atoms with E-state index < -0.39 is 10.8 Å². The number of aromatic nitrogens is 5. The smallest absolute Gasteiger partial charge is 0.316 e. The Morgan fingerprint density at radius 3 is 2.77 bits per heavy atom. The molecule has 1 aliphatic rings. The molecular formula is C17H20N6O2S. The SMILES string of the molecule is COc1ncc(S(=O)CC2CC(N(C)c3ncnc4[nH]ccc34)C2)cn1. The number of hydrogen-bond acceptors (Lipinski definition) is 7. The Hall–Kier alpha value is -2.55. The van der Waals surface area contributed by atoms with Gasteiger partial charge in [0.2, 0.25) is 0 Å². The van der Waals surface area contributed by atoms with E-state index in [1.54, 1.807) is 18.7 Å². The van der Waals surface area contributed by atoms with E-state index in [0.717, 1.165) is 29.7 Å². The Labute approximate surface area is 153 Å². The van der Waals surface area contributed by atoms with E-state index >= 15 is 0 Å². The summed E-state index contributed by atoms with van der Waals surface area (Å²) in [7, 11) is 2.48. The predicted molar refractivity (Wildman–Crippen MR) is 98.7 cm³/mol. The summed E-state index contributed by atoms with van der Waals surface area (Å²) < 4.78 is 17.4. The fraction of sp³-hybridized carbons (Fsp3) is 0.412. The van der Waals surface area contributed by atoms with Crippen LogP contribution >= 0.6 is 0 Å². The van der Waals surface area contributed by atoms with Crippen molar-refractivity contribution in [2.45, 2.75) is 23.8 Å². The molecule has 0 aliphatic heterocycles. The van der Waals surface area contributed by atoms with Crippen LogP contribution in [0.15, 0.2) is 35.9 Å². The molecule has 1 aliphatic carbocycles. The monoisotopic (exact) mass is 372 g/mol. The van der Waals surface area contributed by atoms with E-state index in [9.17, 15) is 4.21 Å². The Balaban J connectivity index is 1.36. The third-order valence-electron chi connectivity index (χ3n) is 4.86. The number of hydrogen-bond donors (Lipinski definition) is 1. The molecule has 8 nitrogen and oxygen atoms in total. The van der Waals surface area contributed by atoms with Gasteiger partial charge in [0.25, 0.3) is 0 Å². The summed E-state index contributed by atoms with van der Waals surface area (Å²) in [5.74, 6) is 1.99. The summed E-state index contributed by atoms with van der Waals surface area (Å²) in [6.07, 6.45) is 8.60. The molecule has 0 spiro atoms. The largest absolute Gasteiger partial charge is 0.467 e. The highest BCUT2D eigenvalue weighted by Gasteiger charge is 2.34. The van der Waals surface area contributed by atoms with Crippen molar-refractivity contribution < 1.29 is 8.95 Å². The van der Waals surface area contributed by atoms with E-state index in [1.165, 1.54) is 7.11 Å². The van der Waals surface area contributed by atoms with Gasteiger partial charge in [0.05, 0.1) is 40.6 Å². The molecular weight excluding hydrogens is 352 g/mol. The fourth-order valence-corrected chi connectivity index (χ4v) is 4.54. The van der Waals surface area contributed by atoms with Gasteiger partial charge in [-0.05, 0) is 24.8 Å². The van der Waals surface area contributed by atoms with Crippen LogP contribution in [0.1, 0.15) is 12.8 Å². The first-order valence-corrected chi connectivity index (χ1v) is 9.73. The summed E-state index contributed by atoms with van der Waals surface area (Å²) in [6.45, 7) is 0. The van der Waals surface area contributed by atoms with Crippen LogP contribution in [-0.4, -0.2) is 55.1 Å². The molecule has 0 bridgehead atoms. The molecule has 136 valence electrons. The number of H-pyrrole nitrogens is 1. The van der Waals surface area contributed by atoms with Crippen LogP contribution in [0.5, 0.6) is 6.01 Å². The average molecular weight is 372 g/mol. The second-order valence-electron chi connectivity index (χ2n) is 6.46. The van der Waals surface area contributed by atoms with Gasteiger partial charge in [0.1, 0.15) is 17.8 Å². The highest BCUT2D eigenvalue weighted by molar-refractivity contribution is 7.85. The van der Waals surface area contributed by atoms with Crippen LogP contribution in [0, 0.1) is 5.92 Å². The first kappa shape index (κ1) is 16.9.